The van der Waals surface area contributed by atoms with Crippen LogP contribution >= 0.6 is 0 Å². The van der Waals surface area contributed by atoms with Crippen LogP contribution in [0.25, 0.3) is 0 Å². The maximum Gasteiger partial charge on any atom is 0.354 e. The fourth-order valence-corrected chi connectivity index (χ4v) is 1.46. The van der Waals surface area contributed by atoms with Gasteiger partial charge in [-0.25, -0.2) is 4.79 Å². The molecule has 0 saturated heterocycles. The predicted molar refractivity (Wildman–Crippen MR) is 54.3 cm³/mol. The summed E-state index contributed by atoms with van der Waals surface area (Å²) in [5.41, 5.74) is 0.270. The Morgan fingerprint density at radius 1 is 1.47 bits per heavy atom. The van der Waals surface area contributed by atoms with Crippen LogP contribution in [0.15, 0.2) is 0 Å². The van der Waals surface area contributed by atoms with E-state index < -0.39 is 5.97 Å². The number of carbonyl (C=O) groups excluding carboxylic acids is 1. The van der Waals surface area contributed by atoms with Crippen LogP contribution in [0.1, 0.15) is 47.3 Å². The lowest BCUT2D eigenvalue weighted by molar-refractivity contribution is 0.0682. The second kappa shape index (κ2) is 3.49. The summed E-state index contributed by atoms with van der Waals surface area (Å²) < 4.78 is 1.23. The average molecular weight is 210 g/mol. The number of hydrogen-bond donors (Lipinski definition) is 1. The summed E-state index contributed by atoms with van der Waals surface area (Å²) in [5, 5.41) is 13.0. The second-order valence-electron chi connectivity index (χ2n) is 4.41. The van der Waals surface area contributed by atoms with Crippen molar-refractivity contribution in [1.29, 1.82) is 0 Å². The number of nitrogens with zero attached hydrogens (tertiary/aromatic N) is 2. The molecule has 5 heteroatoms. The van der Waals surface area contributed by atoms with Crippen molar-refractivity contribution in [2.45, 2.75) is 26.2 Å². The highest BCUT2D eigenvalue weighted by atomic mass is 16.4. The van der Waals surface area contributed by atoms with E-state index in [4.69, 9.17) is 5.11 Å². The Labute approximate surface area is 87.7 Å². The van der Waals surface area contributed by atoms with E-state index in [0.29, 0.717) is 12.0 Å². The molecule has 0 saturated carbocycles. The molecule has 0 bridgehead atoms. The van der Waals surface area contributed by atoms with Crippen molar-refractivity contribution < 1.29 is 14.7 Å². The topological polar surface area (TPSA) is 72.2 Å². The third-order valence-electron chi connectivity index (χ3n) is 2.11. The number of rotatable bonds is 2. The molecule has 0 aliphatic heterocycles. The molecule has 15 heavy (non-hydrogen) atoms. The Morgan fingerprint density at radius 3 is 2.33 bits per heavy atom. The summed E-state index contributed by atoms with van der Waals surface area (Å²) in [6.07, 6.45) is 0.553. The Morgan fingerprint density at radius 2 is 2.00 bits per heavy atom. The Hall–Kier alpha value is -1.65. The van der Waals surface area contributed by atoms with Gasteiger partial charge in [-0.1, -0.05) is 20.8 Å². The lowest BCUT2D eigenvalue weighted by Gasteiger charge is -2.15. The van der Waals surface area contributed by atoms with Crippen LogP contribution in [-0.2, 0) is 12.5 Å². The van der Waals surface area contributed by atoms with Crippen molar-refractivity contribution in [2.75, 3.05) is 0 Å². The van der Waals surface area contributed by atoms with E-state index in [0.717, 1.165) is 0 Å². The van der Waals surface area contributed by atoms with E-state index in [1.54, 1.807) is 0 Å². The zero-order valence-corrected chi connectivity index (χ0v) is 9.24. The second-order valence-corrected chi connectivity index (χ2v) is 4.41. The number of carboxylic acid groups (broad SMARTS) is 1. The molecule has 0 radical (unpaired) electrons. The molecule has 1 aromatic rings. The standard InChI is InChI=1S/C10H14N2O3/c1-10(2,3)8-6(5-13)7(9(14)15)12(4)11-8/h5H,1-4H3,(H,14,15). The molecule has 0 aliphatic carbocycles. The first-order chi connectivity index (χ1) is 6.79. The van der Waals surface area contributed by atoms with Gasteiger partial charge in [0.15, 0.2) is 12.0 Å². The minimum Gasteiger partial charge on any atom is -0.477 e. The van der Waals surface area contributed by atoms with E-state index in [1.807, 2.05) is 20.8 Å². The van der Waals surface area contributed by atoms with Crippen LogP contribution in [-0.4, -0.2) is 27.1 Å². The minimum absolute atomic E-state index is 0.0603. The van der Waals surface area contributed by atoms with Gasteiger partial charge in [-0.05, 0) is 0 Å². The maximum absolute atomic E-state index is 10.9. The van der Waals surface area contributed by atoms with Crippen molar-refractivity contribution in [1.82, 2.24) is 9.78 Å². The van der Waals surface area contributed by atoms with Crippen molar-refractivity contribution in [2.24, 2.45) is 7.05 Å². The molecule has 1 rings (SSSR count). The summed E-state index contributed by atoms with van der Waals surface area (Å²) in [6, 6.07) is 0. The average Bonchev–Trinajstić information content (AvgIpc) is 2.41. The highest BCUT2D eigenvalue weighted by Crippen LogP contribution is 2.25. The first kappa shape index (κ1) is 11.4. The molecule has 0 fully saturated rings. The number of carboxylic acids is 1. The summed E-state index contributed by atoms with van der Waals surface area (Å²) in [6.45, 7) is 5.65. The van der Waals surface area contributed by atoms with E-state index in [9.17, 15) is 9.59 Å². The lowest BCUT2D eigenvalue weighted by atomic mass is 9.89. The van der Waals surface area contributed by atoms with Gasteiger partial charge < -0.3 is 5.11 Å². The van der Waals surface area contributed by atoms with Crippen molar-refractivity contribution >= 4 is 12.3 Å². The number of hydrogen-bond acceptors (Lipinski definition) is 3. The van der Waals surface area contributed by atoms with Gasteiger partial charge in [0.2, 0.25) is 0 Å². The van der Waals surface area contributed by atoms with Gasteiger partial charge in [0, 0.05) is 12.5 Å². The van der Waals surface area contributed by atoms with Crippen molar-refractivity contribution in [3.8, 4) is 0 Å². The molecule has 1 heterocycles. The van der Waals surface area contributed by atoms with Gasteiger partial charge in [-0.15, -0.1) is 0 Å². The van der Waals surface area contributed by atoms with Crippen LogP contribution in [0.3, 0.4) is 0 Å². The maximum atomic E-state index is 10.9. The predicted octanol–water partition coefficient (Wildman–Crippen LogP) is 1.23. The largest absolute Gasteiger partial charge is 0.477 e. The summed E-state index contributed by atoms with van der Waals surface area (Å²) in [5.74, 6) is -1.14. The number of aldehydes is 1. The highest BCUT2D eigenvalue weighted by molar-refractivity contribution is 5.96. The molecule has 1 N–H and O–H groups in total. The number of aryl methyl sites for hydroxylation is 1. The summed E-state index contributed by atoms with van der Waals surface area (Å²) in [7, 11) is 1.52. The van der Waals surface area contributed by atoms with Crippen LogP contribution in [0, 0.1) is 0 Å². The lowest BCUT2D eigenvalue weighted by Crippen LogP contribution is -2.14. The number of aromatic nitrogens is 2. The van der Waals surface area contributed by atoms with Crippen molar-refractivity contribution in [3.63, 3.8) is 0 Å². The van der Waals surface area contributed by atoms with Gasteiger partial charge in [0.1, 0.15) is 0 Å². The van der Waals surface area contributed by atoms with Gasteiger partial charge >= 0.3 is 5.97 Å². The normalized spacial score (nSPS) is 11.5. The van der Waals surface area contributed by atoms with E-state index in [-0.39, 0.29) is 16.7 Å². The quantitative estimate of drug-likeness (QED) is 0.745. The fourth-order valence-electron chi connectivity index (χ4n) is 1.46. The molecule has 0 aromatic carbocycles. The molecular weight excluding hydrogens is 196 g/mol. The van der Waals surface area contributed by atoms with Crippen LogP contribution in [0.5, 0.6) is 0 Å². The monoisotopic (exact) mass is 210 g/mol. The van der Waals surface area contributed by atoms with E-state index in [1.165, 1.54) is 11.7 Å². The summed E-state index contributed by atoms with van der Waals surface area (Å²) >= 11 is 0. The molecule has 0 amide bonds. The summed E-state index contributed by atoms with van der Waals surface area (Å²) in [4.78, 5) is 21.8. The third-order valence-corrected chi connectivity index (χ3v) is 2.11. The molecular formula is C10H14N2O3. The third kappa shape index (κ3) is 1.91. The van der Waals surface area contributed by atoms with E-state index >= 15 is 0 Å². The molecule has 5 nitrogen and oxygen atoms in total. The minimum atomic E-state index is -1.14. The fraction of sp³-hybridized carbons (Fsp3) is 0.500. The molecule has 0 spiro atoms. The SMILES string of the molecule is Cn1nc(C(C)(C)C)c(C=O)c1C(=O)O. The molecule has 0 aliphatic rings. The highest BCUT2D eigenvalue weighted by Gasteiger charge is 2.28. The zero-order chi connectivity index (χ0) is 11.8. The smallest absolute Gasteiger partial charge is 0.354 e. The first-order valence-electron chi connectivity index (χ1n) is 4.55. The van der Waals surface area contributed by atoms with E-state index in [2.05, 4.69) is 5.10 Å². The van der Waals surface area contributed by atoms with Crippen LogP contribution in [0.4, 0.5) is 0 Å². The molecule has 0 unspecified atom stereocenters. The zero-order valence-electron chi connectivity index (χ0n) is 9.24. The van der Waals surface area contributed by atoms with Crippen molar-refractivity contribution in [3.05, 3.63) is 17.0 Å². The molecule has 0 atom stereocenters. The Bertz CT molecular complexity index is 413. The Balaban J connectivity index is 3.51. The van der Waals surface area contributed by atoms with Gasteiger partial charge in [0.25, 0.3) is 0 Å². The first-order valence-corrected chi connectivity index (χ1v) is 4.55. The number of aromatic carboxylic acids is 1. The molecule has 1 aromatic heterocycles. The number of carbonyl (C=O) groups is 2. The van der Waals surface area contributed by atoms with Gasteiger partial charge in [-0.2, -0.15) is 5.10 Å². The van der Waals surface area contributed by atoms with Crippen LogP contribution < -0.4 is 0 Å². The van der Waals surface area contributed by atoms with Gasteiger partial charge in [0.05, 0.1) is 11.3 Å². The van der Waals surface area contributed by atoms with Crippen LogP contribution in [0.2, 0.25) is 0 Å². The Kier molecular flexibility index (Phi) is 2.66. The van der Waals surface area contributed by atoms with Gasteiger partial charge in [-0.3, -0.25) is 9.48 Å². The molecule has 82 valence electrons.